The molecule has 18 heavy (non-hydrogen) atoms. The number of nitrogens with zero attached hydrogens (tertiary/aromatic N) is 1. The number of rotatable bonds is 7. The molecule has 0 aliphatic carbocycles. The molecule has 3 heteroatoms. The van der Waals surface area contributed by atoms with E-state index < -0.39 is 0 Å². The lowest BCUT2D eigenvalue weighted by Crippen LogP contribution is -2.36. The van der Waals surface area contributed by atoms with Crippen LogP contribution >= 0.6 is 11.8 Å². The molecular formula is C15H22N2S. The molecule has 2 nitrogen and oxygen atoms in total. The molecule has 0 aliphatic rings. The van der Waals surface area contributed by atoms with Gasteiger partial charge in [0.1, 0.15) is 0 Å². The van der Waals surface area contributed by atoms with Crippen molar-refractivity contribution in [1.82, 2.24) is 5.32 Å². The molecule has 1 rings (SSSR count). The van der Waals surface area contributed by atoms with Crippen LogP contribution in [0, 0.1) is 11.3 Å². The molecule has 0 unspecified atom stereocenters. The minimum Gasteiger partial charge on any atom is -0.311 e. The van der Waals surface area contributed by atoms with Crippen molar-refractivity contribution >= 4 is 11.8 Å². The SMILES string of the molecule is CCC(CC)(CNCc1cccc(C#N)c1)SC. The number of hydrogen-bond acceptors (Lipinski definition) is 3. The Morgan fingerprint density at radius 3 is 2.61 bits per heavy atom. The number of benzene rings is 1. The van der Waals surface area contributed by atoms with Gasteiger partial charge in [-0.2, -0.15) is 17.0 Å². The van der Waals surface area contributed by atoms with Gasteiger partial charge >= 0.3 is 0 Å². The van der Waals surface area contributed by atoms with E-state index in [0.29, 0.717) is 4.75 Å². The van der Waals surface area contributed by atoms with E-state index in [4.69, 9.17) is 5.26 Å². The second-order valence-corrected chi connectivity index (χ2v) is 5.78. The Morgan fingerprint density at radius 2 is 2.06 bits per heavy atom. The molecule has 1 aromatic carbocycles. The van der Waals surface area contributed by atoms with Crippen molar-refractivity contribution in [1.29, 1.82) is 5.26 Å². The van der Waals surface area contributed by atoms with Gasteiger partial charge in [0.25, 0.3) is 0 Å². The highest BCUT2D eigenvalue weighted by Gasteiger charge is 2.23. The van der Waals surface area contributed by atoms with E-state index in [0.717, 1.165) is 18.7 Å². The monoisotopic (exact) mass is 262 g/mol. The first-order valence-electron chi connectivity index (χ1n) is 6.44. The molecule has 0 atom stereocenters. The van der Waals surface area contributed by atoms with Gasteiger partial charge in [0.05, 0.1) is 11.6 Å². The van der Waals surface area contributed by atoms with E-state index in [9.17, 15) is 0 Å². The van der Waals surface area contributed by atoms with Crippen LogP contribution in [-0.4, -0.2) is 17.5 Å². The van der Waals surface area contributed by atoms with Gasteiger partial charge in [-0.15, -0.1) is 0 Å². The number of nitrogens with one attached hydrogen (secondary N) is 1. The molecule has 0 aromatic heterocycles. The molecule has 0 amide bonds. The first kappa shape index (κ1) is 15.1. The van der Waals surface area contributed by atoms with Crippen LogP contribution in [0.15, 0.2) is 24.3 Å². The zero-order chi connectivity index (χ0) is 13.4. The highest BCUT2D eigenvalue weighted by atomic mass is 32.2. The van der Waals surface area contributed by atoms with E-state index in [1.807, 2.05) is 30.0 Å². The van der Waals surface area contributed by atoms with Gasteiger partial charge in [0.2, 0.25) is 0 Å². The summed E-state index contributed by atoms with van der Waals surface area (Å²) in [6.45, 7) is 6.34. The molecule has 0 fully saturated rings. The molecule has 0 heterocycles. The van der Waals surface area contributed by atoms with Crippen molar-refractivity contribution in [3.8, 4) is 6.07 Å². The highest BCUT2D eigenvalue weighted by molar-refractivity contribution is 8.00. The van der Waals surface area contributed by atoms with Crippen LogP contribution in [0.3, 0.4) is 0 Å². The Morgan fingerprint density at radius 1 is 1.33 bits per heavy atom. The van der Waals surface area contributed by atoms with Crippen molar-refractivity contribution in [3.05, 3.63) is 35.4 Å². The lowest BCUT2D eigenvalue weighted by atomic mass is 10.0. The second kappa shape index (κ2) is 7.45. The fourth-order valence-corrected chi connectivity index (χ4v) is 2.87. The maximum absolute atomic E-state index is 8.86. The van der Waals surface area contributed by atoms with Gasteiger partial charge in [-0.05, 0) is 36.8 Å². The molecule has 0 aliphatic heterocycles. The normalized spacial score (nSPS) is 11.2. The Bertz CT molecular complexity index is 397. The minimum absolute atomic E-state index is 0.340. The van der Waals surface area contributed by atoms with Crippen LogP contribution in [0.2, 0.25) is 0 Å². The zero-order valence-corrected chi connectivity index (χ0v) is 12.3. The average molecular weight is 262 g/mol. The maximum Gasteiger partial charge on any atom is 0.0991 e. The third kappa shape index (κ3) is 4.04. The van der Waals surface area contributed by atoms with Crippen LogP contribution in [0.5, 0.6) is 0 Å². The number of thioether (sulfide) groups is 1. The van der Waals surface area contributed by atoms with Crippen LogP contribution in [-0.2, 0) is 6.54 Å². The van der Waals surface area contributed by atoms with Gasteiger partial charge in [-0.3, -0.25) is 0 Å². The summed E-state index contributed by atoms with van der Waals surface area (Å²) < 4.78 is 0.340. The van der Waals surface area contributed by atoms with E-state index in [2.05, 4.69) is 37.6 Å². The van der Waals surface area contributed by atoms with Crippen LogP contribution in [0.1, 0.15) is 37.8 Å². The van der Waals surface area contributed by atoms with Crippen LogP contribution in [0.4, 0.5) is 0 Å². The van der Waals surface area contributed by atoms with Crippen molar-refractivity contribution < 1.29 is 0 Å². The zero-order valence-electron chi connectivity index (χ0n) is 11.5. The minimum atomic E-state index is 0.340. The molecular weight excluding hydrogens is 240 g/mol. The first-order valence-corrected chi connectivity index (χ1v) is 7.67. The Labute approximate surface area is 115 Å². The van der Waals surface area contributed by atoms with E-state index in [1.165, 1.54) is 18.4 Å². The smallest absolute Gasteiger partial charge is 0.0991 e. The predicted octanol–water partition coefficient (Wildman–Crippen LogP) is 3.57. The standard InChI is InChI=1S/C15H22N2S/c1-4-15(5-2,18-3)12-17-11-14-8-6-7-13(9-14)10-16/h6-9,17H,4-5,11-12H2,1-3H3. The summed E-state index contributed by atoms with van der Waals surface area (Å²) in [4.78, 5) is 0. The first-order chi connectivity index (χ1) is 8.69. The van der Waals surface area contributed by atoms with Gasteiger partial charge in [-0.25, -0.2) is 0 Å². The molecule has 1 aromatic rings. The Balaban J connectivity index is 2.53. The summed E-state index contributed by atoms with van der Waals surface area (Å²) in [5.74, 6) is 0. The average Bonchev–Trinajstić information content (AvgIpc) is 2.44. The number of nitriles is 1. The Kier molecular flexibility index (Phi) is 6.24. The summed E-state index contributed by atoms with van der Waals surface area (Å²) in [5, 5.41) is 12.4. The quantitative estimate of drug-likeness (QED) is 0.816. The van der Waals surface area contributed by atoms with Crippen molar-refractivity contribution in [2.24, 2.45) is 0 Å². The predicted molar refractivity (Wildman–Crippen MR) is 79.7 cm³/mol. The molecule has 0 radical (unpaired) electrons. The molecule has 1 N–H and O–H groups in total. The van der Waals surface area contributed by atoms with Crippen molar-refractivity contribution in [3.63, 3.8) is 0 Å². The topological polar surface area (TPSA) is 35.8 Å². The highest BCUT2D eigenvalue weighted by Crippen LogP contribution is 2.29. The van der Waals surface area contributed by atoms with Gasteiger partial charge in [0, 0.05) is 17.8 Å². The Hall–Kier alpha value is -0.980. The van der Waals surface area contributed by atoms with Crippen LogP contribution in [0.25, 0.3) is 0 Å². The molecule has 0 saturated carbocycles. The van der Waals surface area contributed by atoms with E-state index >= 15 is 0 Å². The summed E-state index contributed by atoms with van der Waals surface area (Å²) in [6, 6.07) is 9.97. The largest absolute Gasteiger partial charge is 0.311 e. The fraction of sp³-hybridized carbons (Fsp3) is 0.533. The third-order valence-corrected chi connectivity index (χ3v) is 5.14. The van der Waals surface area contributed by atoms with Gasteiger partial charge in [-0.1, -0.05) is 26.0 Å². The summed E-state index contributed by atoms with van der Waals surface area (Å²) in [6.07, 6.45) is 4.54. The summed E-state index contributed by atoms with van der Waals surface area (Å²) in [5.41, 5.74) is 1.91. The van der Waals surface area contributed by atoms with Crippen LogP contribution < -0.4 is 5.32 Å². The van der Waals surface area contributed by atoms with Crippen molar-refractivity contribution in [2.75, 3.05) is 12.8 Å². The number of hydrogen-bond donors (Lipinski definition) is 1. The summed E-state index contributed by atoms with van der Waals surface area (Å²) >= 11 is 1.95. The second-order valence-electron chi connectivity index (χ2n) is 4.51. The third-order valence-electron chi connectivity index (χ3n) is 3.55. The summed E-state index contributed by atoms with van der Waals surface area (Å²) in [7, 11) is 0. The lowest BCUT2D eigenvalue weighted by Gasteiger charge is -2.30. The fourth-order valence-electron chi connectivity index (χ4n) is 2.05. The maximum atomic E-state index is 8.86. The van der Waals surface area contributed by atoms with Gasteiger partial charge in [0.15, 0.2) is 0 Å². The molecule has 98 valence electrons. The lowest BCUT2D eigenvalue weighted by molar-refractivity contribution is 0.495. The molecule has 0 bridgehead atoms. The molecule has 0 spiro atoms. The van der Waals surface area contributed by atoms with E-state index in [-0.39, 0.29) is 0 Å². The van der Waals surface area contributed by atoms with Crippen molar-refractivity contribution in [2.45, 2.75) is 38.0 Å². The van der Waals surface area contributed by atoms with Gasteiger partial charge < -0.3 is 5.32 Å². The molecule has 0 saturated heterocycles. The van der Waals surface area contributed by atoms with E-state index in [1.54, 1.807) is 0 Å².